The first kappa shape index (κ1) is 8.81. The van der Waals surface area contributed by atoms with E-state index < -0.39 is 5.97 Å². The van der Waals surface area contributed by atoms with Gasteiger partial charge in [-0.25, -0.2) is 4.79 Å². The van der Waals surface area contributed by atoms with Gasteiger partial charge >= 0.3 is 5.97 Å². The molecular weight excluding hydrogens is 176 g/mol. The molecule has 0 aliphatic rings. The lowest BCUT2D eigenvalue weighted by Crippen LogP contribution is -1.97. The van der Waals surface area contributed by atoms with Crippen molar-refractivity contribution in [3.63, 3.8) is 0 Å². The maximum atomic E-state index is 10.5. The maximum absolute atomic E-state index is 10.5. The van der Waals surface area contributed by atoms with Crippen LogP contribution in [0.1, 0.15) is 5.56 Å². The van der Waals surface area contributed by atoms with E-state index in [2.05, 4.69) is 6.58 Å². The number of aliphatic carboxylic acids is 1. The Morgan fingerprint density at radius 3 is 2.67 bits per heavy atom. The molecule has 62 valence electrons. The van der Waals surface area contributed by atoms with Gasteiger partial charge in [0, 0.05) is 5.02 Å². The molecular formula is C9H7ClO2. The molecule has 0 amide bonds. The average molecular weight is 183 g/mol. The fourth-order valence-electron chi connectivity index (χ4n) is 0.800. The van der Waals surface area contributed by atoms with Crippen LogP contribution in [0.25, 0.3) is 5.57 Å². The molecule has 0 bridgehead atoms. The average Bonchev–Trinajstić information content (AvgIpc) is 2.03. The van der Waals surface area contributed by atoms with E-state index >= 15 is 0 Å². The zero-order valence-corrected chi connectivity index (χ0v) is 7.01. The normalized spacial score (nSPS) is 9.42. The van der Waals surface area contributed by atoms with Crippen LogP contribution in [0.5, 0.6) is 0 Å². The van der Waals surface area contributed by atoms with Gasteiger partial charge in [0.2, 0.25) is 0 Å². The van der Waals surface area contributed by atoms with Crippen LogP contribution in [0.4, 0.5) is 0 Å². The Morgan fingerprint density at radius 2 is 2.17 bits per heavy atom. The summed E-state index contributed by atoms with van der Waals surface area (Å²) >= 11 is 5.66. The first-order valence-corrected chi connectivity index (χ1v) is 3.67. The second-order valence-corrected chi connectivity index (χ2v) is 2.73. The summed E-state index contributed by atoms with van der Waals surface area (Å²) in [6.45, 7) is 3.41. The highest BCUT2D eigenvalue weighted by Crippen LogP contribution is 2.17. The molecule has 1 N–H and O–H groups in total. The molecule has 0 saturated heterocycles. The van der Waals surface area contributed by atoms with Crippen molar-refractivity contribution in [2.75, 3.05) is 0 Å². The van der Waals surface area contributed by atoms with Crippen LogP contribution in [0.2, 0.25) is 5.02 Å². The smallest absolute Gasteiger partial charge is 0.335 e. The second kappa shape index (κ2) is 3.41. The zero-order chi connectivity index (χ0) is 9.14. The van der Waals surface area contributed by atoms with Gasteiger partial charge in [0.25, 0.3) is 0 Å². The third-order valence-corrected chi connectivity index (χ3v) is 1.67. The number of hydrogen-bond acceptors (Lipinski definition) is 1. The molecule has 0 fully saturated rings. The highest BCUT2D eigenvalue weighted by molar-refractivity contribution is 6.31. The molecule has 0 unspecified atom stereocenters. The number of carboxylic acid groups (broad SMARTS) is 1. The first-order chi connectivity index (χ1) is 5.61. The van der Waals surface area contributed by atoms with Gasteiger partial charge < -0.3 is 5.11 Å². The lowest BCUT2D eigenvalue weighted by Gasteiger charge is -1.99. The molecule has 3 heteroatoms. The standard InChI is InChI=1S/C9H7ClO2/c1-6(9(11)12)7-3-2-4-8(10)5-7/h2-5H,1H2,(H,11,12). The monoisotopic (exact) mass is 182 g/mol. The predicted molar refractivity (Wildman–Crippen MR) is 48.1 cm³/mol. The van der Waals surface area contributed by atoms with Gasteiger partial charge in [0.15, 0.2) is 0 Å². The quantitative estimate of drug-likeness (QED) is 0.714. The summed E-state index contributed by atoms with van der Waals surface area (Å²) in [7, 11) is 0. The van der Waals surface area contributed by atoms with E-state index in [-0.39, 0.29) is 5.57 Å². The van der Waals surface area contributed by atoms with Gasteiger partial charge in [0.05, 0.1) is 5.57 Å². The molecule has 1 aromatic carbocycles. The van der Waals surface area contributed by atoms with Gasteiger partial charge in [0.1, 0.15) is 0 Å². The Bertz CT molecular complexity index is 331. The number of rotatable bonds is 2. The van der Waals surface area contributed by atoms with Crippen LogP contribution in [0.15, 0.2) is 30.8 Å². The van der Waals surface area contributed by atoms with E-state index in [0.29, 0.717) is 10.6 Å². The molecule has 1 aromatic rings. The number of halogens is 1. The summed E-state index contributed by atoms with van der Waals surface area (Å²) in [5.74, 6) is -1.03. The van der Waals surface area contributed by atoms with E-state index in [1.54, 1.807) is 24.3 Å². The molecule has 0 spiro atoms. The third-order valence-electron chi connectivity index (χ3n) is 1.43. The van der Waals surface area contributed by atoms with Crippen molar-refractivity contribution in [3.8, 4) is 0 Å². The van der Waals surface area contributed by atoms with Gasteiger partial charge in [-0.05, 0) is 17.7 Å². The lowest BCUT2D eigenvalue weighted by atomic mass is 10.1. The largest absolute Gasteiger partial charge is 0.478 e. The molecule has 2 nitrogen and oxygen atoms in total. The molecule has 0 aromatic heterocycles. The minimum atomic E-state index is -1.03. The van der Waals surface area contributed by atoms with Crippen LogP contribution >= 0.6 is 11.6 Å². The van der Waals surface area contributed by atoms with Crippen LogP contribution in [-0.2, 0) is 4.79 Å². The van der Waals surface area contributed by atoms with E-state index in [1.165, 1.54) is 0 Å². The summed E-state index contributed by atoms with van der Waals surface area (Å²) in [5.41, 5.74) is 0.590. The summed E-state index contributed by atoms with van der Waals surface area (Å²) in [4.78, 5) is 10.5. The van der Waals surface area contributed by atoms with Crippen molar-refractivity contribution < 1.29 is 9.90 Å². The molecule has 0 aliphatic heterocycles. The summed E-state index contributed by atoms with van der Waals surface area (Å²) in [6.07, 6.45) is 0. The van der Waals surface area contributed by atoms with Gasteiger partial charge in [-0.3, -0.25) is 0 Å². The SMILES string of the molecule is C=C(C(=O)O)c1cccc(Cl)c1. The van der Waals surface area contributed by atoms with Crippen LogP contribution < -0.4 is 0 Å². The molecule has 0 atom stereocenters. The number of hydrogen-bond donors (Lipinski definition) is 1. The maximum Gasteiger partial charge on any atom is 0.335 e. The Hall–Kier alpha value is -1.28. The molecule has 0 aliphatic carbocycles. The summed E-state index contributed by atoms with van der Waals surface area (Å²) < 4.78 is 0. The van der Waals surface area contributed by atoms with Gasteiger partial charge in [-0.1, -0.05) is 30.3 Å². The summed E-state index contributed by atoms with van der Waals surface area (Å²) in [6, 6.07) is 6.59. The Kier molecular flexibility index (Phi) is 2.51. The van der Waals surface area contributed by atoms with Crippen molar-refractivity contribution in [3.05, 3.63) is 41.4 Å². The lowest BCUT2D eigenvalue weighted by molar-refractivity contribution is -0.130. The van der Waals surface area contributed by atoms with E-state index in [0.717, 1.165) is 0 Å². The Morgan fingerprint density at radius 1 is 1.50 bits per heavy atom. The van der Waals surface area contributed by atoms with Crippen molar-refractivity contribution >= 4 is 23.1 Å². The number of carboxylic acids is 1. The van der Waals surface area contributed by atoms with Crippen molar-refractivity contribution in [2.24, 2.45) is 0 Å². The second-order valence-electron chi connectivity index (χ2n) is 2.29. The highest BCUT2D eigenvalue weighted by atomic mass is 35.5. The van der Waals surface area contributed by atoms with Crippen LogP contribution in [0, 0.1) is 0 Å². The zero-order valence-electron chi connectivity index (χ0n) is 6.25. The van der Waals surface area contributed by atoms with Crippen LogP contribution in [0.3, 0.4) is 0 Å². The van der Waals surface area contributed by atoms with E-state index in [1.807, 2.05) is 0 Å². The van der Waals surface area contributed by atoms with Crippen LogP contribution in [-0.4, -0.2) is 11.1 Å². The third kappa shape index (κ3) is 1.86. The molecule has 0 saturated carbocycles. The van der Waals surface area contributed by atoms with Gasteiger partial charge in [-0.15, -0.1) is 0 Å². The van der Waals surface area contributed by atoms with Crippen molar-refractivity contribution in [1.29, 1.82) is 0 Å². The fraction of sp³-hybridized carbons (Fsp3) is 0. The van der Waals surface area contributed by atoms with Gasteiger partial charge in [-0.2, -0.15) is 0 Å². The fourth-order valence-corrected chi connectivity index (χ4v) is 0.990. The molecule has 1 rings (SSSR count). The van der Waals surface area contributed by atoms with E-state index in [4.69, 9.17) is 16.7 Å². The molecule has 0 heterocycles. The molecule has 0 radical (unpaired) electrons. The minimum absolute atomic E-state index is 0.0532. The Labute approximate surface area is 75.1 Å². The van der Waals surface area contributed by atoms with Crippen molar-refractivity contribution in [2.45, 2.75) is 0 Å². The highest BCUT2D eigenvalue weighted by Gasteiger charge is 2.06. The predicted octanol–water partition coefficient (Wildman–Crippen LogP) is 2.44. The minimum Gasteiger partial charge on any atom is -0.478 e. The number of carbonyl (C=O) groups is 1. The van der Waals surface area contributed by atoms with Crippen molar-refractivity contribution in [1.82, 2.24) is 0 Å². The van der Waals surface area contributed by atoms with E-state index in [9.17, 15) is 4.79 Å². The first-order valence-electron chi connectivity index (χ1n) is 3.29. The topological polar surface area (TPSA) is 37.3 Å². The number of benzene rings is 1. The molecule has 12 heavy (non-hydrogen) atoms. The summed E-state index contributed by atoms with van der Waals surface area (Å²) in [5, 5.41) is 9.09. The Balaban J connectivity index is 3.04.